The quantitative estimate of drug-likeness (QED) is 0.908. The third-order valence-electron chi connectivity index (χ3n) is 3.48. The normalized spacial score (nSPS) is 20.2. The average Bonchev–Trinajstić information content (AvgIpc) is 2.47. The molecule has 0 amide bonds. The molecule has 1 aliphatic rings. The zero-order valence-electron chi connectivity index (χ0n) is 11.5. The molecule has 8 heteroatoms. The van der Waals surface area contributed by atoms with Gasteiger partial charge in [-0.25, -0.2) is 8.42 Å². The molecule has 21 heavy (non-hydrogen) atoms. The first kappa shape index (κ1) is 16.1. The maximum absolute atomic E-state index is 12.7. The maximum Gasteiger partial charge on any atom is 0.307 e. The van der Waals surface area contributed by atoms with Crippen molar-refractivity contribution in [2.45, 2.75) is 17.7 Å². The van der Waals surface area contributed by atoms with Gasteiger partial charge in [-0.15, -0.1) is 0 Å². The smallest absolute Gasteiger partial charge is 0.307 e. The lowest BCUT2D eigenvalue weighted by atomic mass is 10.0. The molecule has 1 atom stereocenters. The number of carbonyl (C=O) groups is 1. The summed E-state index contributed by atoms with van der Waals surface area (Å²) in [7, 11) is -2.46. The number of rotatable bonds is 4. The fourth-order valence-electron chi connectivity index (χ4n) is 2.35. The van der Waals surface area contributed by atoms with Gasteiger partial charge in [-0.3, -0.25) is 4.79 Å². The summed E-state index contributed by atoms with van der Waals surface area (Å²) < 4.78 is 31.6. The van der Waals surface area contributed by atoms with Crippen molar-refractivity contribution in [3.8, 4) is 5.75 Å². The van der Waals surface area contributed by atoms with Crippen molar-refractivity contribution in [1.29, 1.82) is 0 Å². The second-order valence-electron chi connectivity index (χ2n) is 4.84. The van der Waals surface area contributed by atoms with E-state index in [1.165, 1.54) is 29.6 Å². The molecule has 0 aromatic heterocycles. The first-order valence-corrected chi connectivity index (χ1v) is 8.24. The van der Waals surface area contributed by atoms with Crippen molar-refractivity contribution in [3.63, 3.8) is 0 Å². The molecule has 0 bridgehead atoms. The van der Waals surface area contributed by atoms with Gasteiger partial charge >= 0.3 is 5.97 Å². The number of aliphatic carboxylic acids is 1. The Kier molecular flexibility index (Phi) is 4.75. The van der Waals surface area contributed by atoms with Crippen LogP contribution in [0.1, 0.15) is 12.8 Å². The number of nitrogens with zero attached hydrogens (tertiary/aromatic N) is 1. The van der Waals surface area contributed by atoms with Crippen molar-refractivity contribution in [2.24, 2.45) is 5.92 Å². The molecule has 1 fully saturated rings. The molecule has 1 saturated heterocycles. The molecular formula is C13H16ClNO5S. The summed E-state index contributed by atoms with van der Waals surface area (Å²) >= 11 is 5.87. The van der Waals surface area contributed by atoms with Gasteiger partial charge < -0.3 is 9.84 Å². The molecule has 2 rings (SSSR count). The molecule has 1 aromatic rings. The average molecular weight is 334 g/mol. The van der Waals surface area contributed by atoms with E-state index >= 15 is 0 Å². The Morgan fingerprint density at radius 2 is 2.19 bits per heavy atom. The summed E-state index contributed by atoms with van der Waals surface area (Å²) in [5.74, 6) is -1.47. The van der Waals surface area contributed by atoms with Crippen LogP contribution < -0.4 is 4.74 Å². The van der Waals surface area contributed by atoms with Crippen molar-refractivity contribution in [3.05, 3.63) is 23.2 Å². The molecule has 6 nitrogen and oxygen atoms in total. The van der Waals surface area contributed by atoms with Gasteiger partial charge in [0.05, 0.1) is 13.0 Å². The van der Waals surface area contributed by atoms with Gasteiger partial charge in [-0.2, -0.15) is 4.31 Å². The van der Waals surface area contributed by atoms with Crippen molar-refractivity contribution >= 4 is 27.6 Å². The number of halogens is 1. The van der Waals surface area contributed by atoms with Crippen molar-refractivity contribution in [1.82, 2.24) is 4.31 Å². The number of carboxylic acid groups (broad SMARTS) is 1. The van der Waals surface area contributed by atoms with E-state index in [2.05, 4.69) is 0 Å². The van der Waals surface area contributed by atoms with Gasteiger partial charge in [0.1, 0.15) is 10.6 Å². The van der Waals surface area contributed by atoms with Crippen LogP contribution in [0.25, 0.3) is 0 Å². The molecule has 0 saturated carbocycles. The Labute approximate surface area is 128 Å². The van der Waals surface area contributed by atoms with Crippen LogP contribution in [0.5, 0.6) is 5.75 Å². The third kappa shape index (κ3) is 3.30. The van der Waals surface area contributed by atoms with Crippen LogP contribution in [-0.2, 0) is 14.8 Å². The number of methoxy groups -OCH3 is 1. The number of hydrogen-bond donors (Lipinski definition) is 1. The number of benzene rings is 1. The van der Waals surface area contributed by atoms with Crippen LogP contribution >= 0.6 is 11.6 Å². The molecule has 1 heterocycles. The number of carboxylic acids is 1. The minimum Gasteiger partial charge on any atom is -0.495 e. The number of sulfonamides is 1. The molecule has 0 unspecified atom stereocenters. The monoisotopic (exact) mass is 333 g/mol. The number of ether oxygens (including phenoxy) is 1. The predicted molar refractivity (Wildman–Crippen MR) is 77.1 cm³/mol. The molecule has 0 radical (unpaired) electrons. The van der Waals surface area contributed by atoms with Crippen molar-refractivity contribution < 1.29 is 23.1 Å². The van der Waals surface area contributed by atoms with E-state index in [0.29, 0.717) is 19.4 Å². The van der Waals surface area contributed by atoms with E-state index in [-0.39, 0.29) is 22.2 Å². The highest BCUT2D eigenvalue weighted by atomic mass is 35.5. The van der Waals surface area contributed by atoms with Crippen molar-refractivity contribution in [2.75, 3.05) is 20.2 Å². The van der Waals surface area contributed by atoms with Crippen LogP contribution in [0.3, 0.4) is 0 Å². The molecule has 0 aliphatic carbocycles. The summed E-state index contributed by atoms with van der Waals surface area (Å²) in [5, 5.41) is 9.35. The fourth-order valence-corrected chi connectivity index (χ4v) is 4.30. The third-order valence-corrected chi connectivity index (χ3v) is 5.60. The first-order valence-electron chi connectivity index (χ1n) is 6.42. The van der Waals surface area contributed by atoms with E-state index < -0.39 is 21.9 Å². The minimum absolute atomic E-state index is 0.0344. The molecule has 0 spiro atoms. The second-order valence-corrected chi connectivity index (χ2v) is 7.18. The molecule has 1 aromatic carbocycles. The lowest BCUT2D eigenvalue weighted by molar-refractivity contribution is -0.142. The van der Waals surface area contributed by atoms with E-state index in [0.717, 1.165) is 0 Å². The summed E-state index contributed by atoms with van der Waals surface area (Å²) in [6.07, 6.45) is 0.993. The van der Waals surface area contributed by atoms with E-state index in [9.17, 15) is 13.2 Å². The van der Waals surface area contributed by atoms with Crippen LogP contribution in [0.2, 0.25) is 5.02 Å². The van der Waals surface area contributed by atoms with Crippen LogP contribution in [0.4, 0.5) is 0 Å². The summed E-state index contributed by atoms with van der Waals surface area (Å²) in [6.45, 7) is 0.259. The largest absolute Gasteiger partial charge is 0.495 e. The molecule has 116 valence electrons. The standard InChI is InChI=1S/C13H16ClNO5S/c1-20-11-5-4-10(14)7-12(11)21(18,19)15-6-2-3-9(8-15)13(16)17/h4-5,7,9H,2-3,6,8H2,1H3,(H,16,17)/t9-/m0/s1. The lowest BCUT2D eigenvalue weighted by Gasteiger charge is -2.30. The topological polar surface area (TPSA) is 83.9 Å². The summed E-state index contributed by atoms with van der Waals surface area (Å²) in [4.78, 5) is 11.0. The Bertz CT molecular complexity index is 646. The van der Waals surface area contributed by atoms with Gasteiger partial charge in [0.25, 0.3) is 0 Å². The Morgan fingerprint density at radius 1 is 1.48 bits per heavy atom. The Morgan fingerprint density at radius 3 is 2.81 bits per heavy atom. The zero-order valence-corrected chi connectivity index (χ0v) is 13.0. The van der Waals surface area contributed by atoms with Gasteiger partial charge in [-0.05, 0) is 31.0 Å². The van der Waals surface area contributed by atoms with Gasteiger partial charge in [0, 0.05) is 18.1 Å². The van der Waals surface area contributed by atoms with E-state index in [1.54, 1.807) is 0 Å². The SMILES string of the molecule is COc1ccc(Cl)cc1S(=O)(=O)N1CCC[C@H](C(=O)O)C1. The van der Waals surface area contributed by atoms with E-state index in [1.807, 2.05) is 0 Å². The lowest BCUT2D eigenvalue weighted by Crippen LogP contribution is -2.42. The number of hydrogen-bond acceptors (Lipinski definition) is 4. The number of piperidine rings is 1. The maximum atomic E-state index is 12.7. The minimum atomic E-state index is -3.83. The Hall–Kier alpha value is -1.31. The fraction of sp³-hybridized carbons (Fsp3) is 0.462. The van der Waals surface area contributed by atoms with Gasteiger partial charge in [0.15, 0.2) is 0 Å². The highest BCUT2D eigenvalue weighted by Gasteiger charge is 2.34. The predicted octanol–water partition coefficient (Wildman–Crippen LogP) is 1.83. The summed E-state index contributed by atoms with van der Waals surface area (Å²) in [5.41, 5.74) is 0. The summed E-state index contributed by atoms with van der Waals surface area (Å²) in [6, 6.07) is 4.34. The van der Waals surface area contributed by atoms with Crippen LogP contribution in [-0.4, -0.2) is 44.0 Å². The highest BCUT2D eigenvalue weighted by Crippen LogP contribution is 2.31. The zero-order chi connectivity index (χ0) is 15.6. The van der Waals surface area contributed by atoms with Crippen LogP contribution in [0.15, 0.2) is 23.1 Å². The highest BCUT2D eigenvalue weighted by molar-refractivity contribution is 7.89. The molecule has 1 N–H and O–H groups in total. The van der Waals surface area contributed by atoms with Crippen LogP contribution in [0, 0.1) is 5.92 Å². The van der Waals surface area contributed by atoms with Gasteiger partial charge in [-0.1, -0.05) is 11.6 Å². The van der Waals surface area contributed by atoms with Gasteiger partial charge in [0.2, 0.25) is 10.0 Å². The molecular weight excluding hydrogens is 318 g/mol. The Balaban J connectivity index is 2.38. The first-order chi connectivity index (χ1) is 9.86. The second kappa shape index (κ2) is 6.21. The molecule has 1 aliphatic heterocycles. The van der Waals surface area contributed by atoms with E-state index in [4.69, 9.17) is 21.4 Å².